The second-order valence-corrected chi connectivity index (χ2v) is 5.10. The zero-order chi connectivity index (χ0) is 13.4. The Morgan fingerprint density at radius 1 is 1.33 bits per heavy atom. The van der Waals surface area contributed by atoms with Crippen molar-refractivity contribution in [3.63, 3.8) is 0 Å². The van der Waals surface area contributed by atoms with Gasteiger partial charge in [0.15, 0.2) is 0 Å². The minimum atomic E-state index is -0.270. The molecule has 0 bridgehead atoms. The average Bonchev–Trinajstić information content (AvgIpc) is 2.39. The number of hydrogen-bond acceptors (Lipinski definition) is 3. The van der Waals surface area contributed by atoms with Crippen molar-refractivity contribution in [3.05, 3.63) is 35.1 Å². The van der Waals surface area contributed by atoms with Crippen LogP contribution in [0.1, 0.15) is 25.0 Å². The molecule has 0 aliphatic heterocycles. The SMILES string of the molecule is CCN(CC)CCSCc1cc(F)ccc1C#N. The number of nitrogens with zero attached hydrogens (tertiary/aromatic N) is 2. The molecule has 98 valence electrons. The highest BCUT2D eigenvalue weighted by molar-refractivity contribution is 7.98. The first-order valence-corrected chi connectivity index (χ1v) is 7.35. The van der Waals surface area contributed by atoms with E-state index in [9.17, 15) is 4.39 Å². The Bertz CT molecular complexity index is 411. The van der Waals surface area contributed by atoms with Crippen molar-refractivity contribution in [2.45, 2.75) is 19.6 Å². The number of hydrogen-bond donors (Lipinski definition) is 0. The van der Waals surface area contributed by atoms with Gasteiger partial charge in [0.2, 0.25) is 0 Å². The van der Waals surface area contributed by atoms with Crippen molar-refractivity contribution >= 4 is 11.8 Å². The largest absolute Gasteiger partial charge is 0.303 e. The fraction of sp³-hybridized carbons (Fsp3) is 0.500. The van der Waals surface area contributed by atoms with Gasteiger partial charge in [0.05, 0.1) is 11.6 Å². The Kier molecular flexibility index (Phi) is 6.77. The molecule has 0 aliphatic rings. The van der Waals surface area contributed by atoms with Crippen LogP contribution in [0.15, 0.2) is 18.2 Å². The fourth-order valence-corrected chi connectivity index (χ4v) is 2.70. The minimum Gasteiger partial charge on any atom is -0.303 e. The summed E-state index contributed by atoms with van der Waals surface area (Å²) in [6.07, 6.45) is 0. The molecule has 0 N–H and O–H groups in total. The van der Waals surface area contributed by atoms with Gasteiger partial charge in [-0.05, 0) is 36.9 Å². The number of thioether (sulfide) groups is 1. The third-order valence-corrected chi connectivity index (χ3v) is 3.88. The van der Waals surface area contributed by atoms with Crippen LogP contribution in [0.2, 0.25) is 0 Å². The summed E-state index contributed by atoms with van der Waals surface area (Å²) in [4.78, 5) is 2.35. The molecule has 0 saturated carbocycles. The van der Waals surface area contributed by atoms with E-state index in [2.05, 4.69) is 24.8 Å². The Morgan fingerprint density at radius 2 is 2.06 bits per heavy atom. The summed E-state index contributed by atoms with van der Waals surface area (Å²) in [6, 6.07) is 6.45. The molecule has 0 heterocycles. The lowest BCUT2D eigenvalue weighted by molar-refractivity contribution is 0.324. The van der Waals surface area contributed by atoms with Crippen LogP contribution in [0.25, 0.3) is 0 Å². The van der Waals surface area contributed by atoms with Gasteiger partial charge in [-0.15, -0.1) is 0 Å². The summed E-state index contributed by atoms with van der Waals surface area (Å²) >= 11 is 1.74. The number of benzene rings is 1. The van der Waals surface area contributed by atoms with Crippen LogP contribution in [0.3, 0.4) is 0 Å². The summed E-state index contributed by atoms with van der Waals surface area (Å²) < 4.78 is 13.1. The van der Waals surface area contributed by atoms with Gasteiger partial charge in [-0.3, -0.25) is 0 Å². The summed E-state index contributed by atoms with van der Waals surface area (Å²) in [5.41, 5.74) is 1.37. The van der Waals surface area contributed by atoms with Crippen molar-refractivity contribution in [2.75, 3.05) is 25.4 Å². The maximum Gasteiger partial charge on any atom is 0.123 e. The highest BCUT2D eigenvalue weighted by atomic mass is 32.2. The van der Waals surface area contributed by atoms with Crippen molar-refractivity contribution in [1.82, 2.24) is 4.90 Å². The van der Waals surface area contributed by atoms with Gasteiger partial charge >= 0.3 is 0 Å². The Hall–Kier alpha value is -1.05. The monoisotopic (exact) mass is 266 g/mol. The topological polar surface area (TPSA) is 27.0 Å². The van der Waals surface area contributed by atoms with Crippen LogP contribution in [-0.2, 0) is 5.75 Å². The molecular formula is C14H19FN2S. The first-order chi connectivity index (χ1) is 8.71. The maximum atomic E-state index is 13.1. The van der Waals surface area contributed by atoms with Crippen molar-refractivity contribution in [3.8, 4) is 6.07 Å². The van der Waals surface area contributed by atoms with Gasteiger partial charge in [-0.25, -0.2) is 4.39 Å². The van der Waals surface area contributed by atoms with Crippen LogP contribution < -0.4 is 0 Å². The molecule has 1 rings (SSSR count). The fourth-order valence-electron chi connectivity index (χ4n) is 1.71. The number of nitriles is 1. The maximum absolute atomic E-state index is 13.1. The third-order valence-electron chi connectivity index (χ3n) is 2.89. The lowest BCUT2D eigenvalue weighted by Crippen LogP contribution is -2.25. The Morgan fingerprint density at radius 3 is 2.67 bits per heavy atom. The number of rotatable bonds is 7. The summed E-state index contributed by atoms with van der Waals surface area (Å²) in [7, 11) is 0. The van der Waals surface area contributed by atoms with Gasteiger partial charge < -0.3 is 4.90 Å². The van der Waals surface area contributed by atoms with E-state index in [1.807, 2.05) is 0 Å². The van der Waals surface area contributed by atoms with Gasteiger partial charge in [0.25, 0.3) is 0 Å². The summed E-state index contributed by atoms with van der Waals surface area (Å²) in [5.74, 6) is 1.43. The Labute approximate surface area is 113 Å². The molecule has 0 aliphatic carbocycles. The van der Waals surface area contributed by atoms with E-state index in [0.717, 1.165) is 31.0 Å². The molecule has 0 aromatic heterocycles. The standard InChI is InChI=1S/C14H19FN2S/c1-3-17(4-2)7-8-18-11-13-9-14(15)6-5-12(13)10-16/h5-6,9H,3-4,7-8,11H2,1-2H3. The normalized spacial score (nSPS) is 10.6. The summed E-state index contributed by atoms with van der Waals surface area (Å²) in [5, 5.41) is 8.94. The molecule has 1 aromatic rings. The van der Waals surface area contributed by atoms with Gasteiger partial charge in [-0.2, -0.15) is 17.0 Å². The first kappa shape index (κ1) is 15.0. The summed E-state index contributed by atoms with van der Waals surface area (Å²) in [6.45, 7) is 7.44. The van der Waals surface area contributed by atoms with Crippen LogP contribution in [-0.4, -0.2) is 30.3 Å². The van der Waals surface area contributed by atoms with Crippen molar-refractivity contribution < 1.29 is 4.39 Å². The molecule has 1 aromatic carbocycles. The smallest absolute Gasteiger partial charge is 0.123 e. The minimum absolute atomic E-state index is 0.270. The molecule has 0 amide bonds. The molecule has 0 radical (unpaired) electrons. The van der Waals surface area contributed by atoms with E-state index in [1.165, 1.54) is 12.1 Å². The quantitative estimate of drug-likeness (QED) is 0.709. The highest BCUT2D eigenvalue weighted by Gasteiger charge is 2.04. The van der Waals surface area contributed by atoms with Gasteiger partial charge in [0.1, 0.15) is 5.82 Å². The molecule has 0 fully saturated rings. The zero-order valence-electron chi connectivity index (χ0n) is 10.9. The first-order valence-electron chi connectivity index (χ1n) is 6.19. The molecule has 0 atom stereocenters. The van der Waals surface area contributed by atoms with Crippen LogP contribution >= 0.6 is 11.8 Å². The van der Waals surface area contributed by atoms with Crippen LogP contribution in [0.4, 0.5) is 4.39 Å². The average molecular weight is 266 g/mol. The van der Waals surface area contributed by atoms with E-state index in [-0.39, 0.29) is 5.82 Å². The molecule has 0 unspecified atom stereocenters. The Balaban J connectivity index is 2.44. The highest BCUT2D eigenvalue weighted by Crippen LogP contribution is 2.17. The van der Waals surface area contributed by atoms with Crippen LogP contribution in [0.5, 0.6) is 0 Å². The molecule has 0 spiro atoms. The van der Waals surface area contributed by atoms with E-state index in [0.29, 0.717) is 11.3 Å². The van der Waals surface area contributed by atoms with E-state index >= 15 is 0 Å². The predicted octanol–water partition coefficient (Wildman–Crippen LogP) is 3.27. The lowest BCUT2D eigenvalue weighted by Gasteiger charge is -2.17. The molecule has 2 nitrogen and oxygen atoms in total. The van der Waals surface area contributed by atoms with Crippen molar-refractivity contribution in [2.24, 2.45) is 0 Å². The van der Waals surface area contributed by atoms with E-state index in [4.69, 9.17) is 5.26 Å². The molecule has 0 saturated heterocycles. The second kappa shape index (κ2) is 8.12. The van der Waals surface area contributed by atoms with E-state index < -0.39 is 0 Å². The third kappa shape index (κ3) is 4.67. The molecular weight excluding hydrogens is 247 g/mol. The second-order valence-electron chi connectivity index (χ2n) is 3.99. The van der Waals surface area contributed by atoms with Gasteiger partial charge in [0, 0.05) is 18.1 Å². The molecule has 4 heteroatoms. The van der Waals surface area contributed by atoms with Crippen molar-refractivity contribution in [1.29, 1.82) is 5.26 Å². The zero-order valence-corrected chi connectivity index (χ0v) is 11.8. The predicted molar refractivity (Wildman–Crippen MR) is 75.1 cm³/mol. The number of halogens is 1. The van der Waals surface area contributed by atoms with E-state index in [1.54, 1.807) is 17.8 Å². The van der Waals surface area contributed by atoms with Crippen LogP contribution in [0, 0.1) is 17.1 Å². The van der Waals surface area contributed by atoms with Gasteiger partial charge in [-0.1, -0.05) is 13.8 Å². The molecule has 18 heavy (non-hydrogen) atoms. The lowest BCUT2D eigenvalue weighted by atomic mass is 10.1.